The van der Waals surface area contributed by atoms with E-state index < -0.39 is 0 Å². The Bertz CT molecular complexity index is 736. The van der Waals surface area contributed by atoms with E-state index >= 15 is 0 Å². The lowest BCUT2D eigenvalue weighted by Crippen LogP contribution is -1.94. The summed E-state index contributed by atoms with van der Waals surface area (Å²) in [5.74, 6) is 1.54. The average Bonchev–Trinajstić information content (AvgIpc) is 2.85. The predicted molar refractivity (Wildman–Crippen MR) is 83.7 cm³/mol. The molecule has 3 aromatic rings. The maximum absolute atomic E-state index is 6.05. The summed E-state index contributed by atoms with van der Waals surface area (Å²) in [7, 11) is 0. The third-order valence-corrected chi connectivity index (χ3v) is 3.81. The van der Waals surface area contributed by atoms with E-state index in [1.165, 1.54) is 5.56 Å². The van der Waals surface area contributed by atoms with Gasteiger partial charge in [0.25, 0.3) is 0 Å². The van der Waals surface area contributed by atoms with Gasteiger partial charge in [-0.25, -0.2) is 0 Å². The smallest absolute Gasteiger partial charge is 0.242 e. The van der Waals surface area contributed by atoms with Gasteiger partial charge in [0.1, 0.15) is 11.4 Å². The van der Waals surface area contributed by atoms with Crippen LogP contribution in [0.3, 0.4) is 0 Å². The van der Waals surface area contributed by atoms with Crippen LogP contribution in [0.15, 0.2) is 48.7 Å². The van der Waals surface area contributed by atoms with Crippen molar-refractivity contribution in [3.8, 4) is 11.6 Å². The number of pyridine rings is 1. The Hall–Kier alpha value is -1.81. The molecular weight excluding hydrogens is 316 g/mol. The minimum absolute atomic E-state index is 0.661. The van der Waals surface area contributed by atoms with Gasteiger partial charge in [0.15, 0.2) is 0 Å². The Morgan fingerprint density at radius 2 is 1.95 bits per heavy atom. The van der Waals surface area contributed by atoms with Crippen molar-refractivity contribution in [3.63, 3.8) is 0 Å². The molecule has 1 aromatic carbocycles. The van der Waals surface area contributed by atoms with Gasteiger partial charge in [-0.2, -0.15) is 4.98 Å². The lowest BCUT2D eigenvalue weighted by molar-refractivity contribution is 0.456. The Morgan fingerprint density at radius 1 is 1.15 bits per heavy atom. The van der Waals surface area contributed by atoms with Crippen LogP contribution in [0, 0.1) is 0 Å². The van der Waals surface area contributed by atoms with Gasteiger partial charge in [-0.3, -0.25) is 4.40 Å². The minimum Gasteiger partial charge on any atom is -0.437 e. The van der Waals surface area contributed by atoms with Crippen molar-refractivity contribution in [2.75, 3.05) is 0 Å². The zero-order valence-electron chi connectivity index (χ0n) is 11.2. The molecule has 2 heterocycles. The molecular formula is C16H15BrN2O. The molecule has 20 heavy (non-hydrogen) atoms. The van der Waals surface area contributed by atoms with Crippen LogP contribution < -0.4 is 4.74 Å². The quantitative estimate of drug-likeness (QED) is 0.654. The van der Waals surface area contributed by atoms with Crippen LogP contribution in [0.5, 0.6) is 11.6 Å². The topological polar surface area (TPSA) is 26.5 Å². The minimum atomic E-state index is 0.661. The molecule has 0 aliphatic heterocycles. The molecule has 0 atom stereocenters. The first-order valence-electron chi connectivity index (χ1n) is 6.61. The molecule has 0 radical (unpaired) electrons. The predicted octanol–water partition coefficient (Wildman–Crippen LogP) is 4.58. The molecule has 3 rings (SSSR count). The largest absolute Gasteiger partial charge is 0.437 e. The summed E-state index contributed by atoms with van der Waals surface area (Å²) in [6.45, 7) is 2.12. The van der Waals surface area contributed by atoms with Crippen LogP contribution in [-0.4, -0.2) is 9.38 Å². The summed E-state index contributed by atoms with van der Waals surface area (Å²) < 4.78 is 8.09. The molecule has 0 amide bonds. The molecule has 0 unspecified atom stereocenters. The Morgan fingerprint density at radius 3 is 2.75 bits per heavy atom. The van der Waals surface area contributed by atoms with Crippen LogP contribution in [0.1, 0.15) is 18.2 Å². The van der Waals surface area contributed by atoms with Gasteiger partial charge in [0.05, 0.1) is 5.69 Å². The molecule has 0 N–H and O–H groups in total. The maximum Gasteiger partial charge on any atom is 0.242 e. The van der Waals surface area contributed by atoms with Crippen molar-refractivity contribution in [1.29, 1.82) is 0 Å². The van der Waals surface area contributed by atoms with Crippen LogP contribution in [0.4, 0.5) is 0 Å². The van der Waals surface area contributed by atoms with Gasteiger partial charge < -0.3 is 4.74 Å². The van der Waals surface area contributed by atoms with Crippen molar-refractivity contribution in [3.05, 3.63) is 59.9 Å². The number of hydrogen-bond acceptors (Lipinski definition) is 2. The molecule has 0 fully saturated rings. The van der Waals surface area contributed by atoms with E-state index in [1.807, 2.05) is 47.0 Å². The van der Waals surface area contributed by atoms with Gasteiger partial charge in [-0.15, -0.1) is 0 Å². The van der Waals surface area contributed by atoms with Gasteiger partial charge in [-0.1, -0.05) is 47.1 Å². The van der Waals surface area contributed by atoms with Gasteiger partial charge in [0, 0.05) is 11.5 Å². The summed E-state index contributed by atoms with van der Waals surface area (Å²) in [5, 5.41) is 0.696. The number of rotatable bonds is 4. The van der Waals surface area contributed by atoms with Crippen molar-refractivity contribution in [1.82, 2.24) is 9.38 Å². The summed E-state index contributed by atoms with van der Waals surface area (Å²) in [4.78, 5) is 4.56. The standard InChI is InChI=1S/C16H15BrN2O/c1-2-12-7-3-4-8-14(12)20-16-13(11-17)19-10-6-5-9-15(19)18-16/h3-10H,2,11H2,1H3. The van der Waals surface area contributed by atoms with Gasteiger partial charge >= 0.3 is 0 Å². The number of ether oxygens (including phenoxy) is 1. The molecule has 4 heteroatoms. The number of aryl methyl sites for hydroxylation is 1. The zero-order chi connectivity index (χ0) is 13.9. The van der Waals surface area contributed by atoms with Crippen LogP contribution >= 0.6 is 15.9 Å². The zero-order valence-corrected chi connectivity index (χ0v) is 12.8. The molecule has 2 aromatic heterocycles. The van der Waals surface area contributed by atoms with E-state index in [1.54, 1.807) is 0 Å². The molecule has 3 nitrogen and oxygen atoms in total. The van der Waals surface area contributed by atoms with E-state index in [-0.39, 0.29) is 0 Å². The van der Waals surface area contributed by atoms with E-state index in [2.05, 4.69) is 33.9 Å². The monoisotopic (exact) mass is 330 g/mol. The molecule has 0 saturated carbocycles. The second-order valence-corrected chi connectivity index (χ2v) is 5.05. The Labute approximate surface area is 126 Å². The second kappa shape index (κ2) is 5.67. The first-order valence-corrected chi connectivity index (χ1v) is 7.73. The number of nitrogens with zero attached hydrogens (tertiary/aromatic N) is 2. The molecule has 102 valence electrons. The number of halogens is 1. The number of imidazole rings is 1. The van der Waals surface area contributed by atoms with Gasteiger partial charge in [0.2, 0.25) is 5.88 Å². The molecule has 0 saturated heterocycles. The number of benzene rings is 1. The van der Waals surface area contributed by atoms with Crippen molar-refractivity contribution in [2.45, 2.75) is 18.7 Å². The number of fused-ring (bicyclic) bond motifs is 1. The number of aromatic nitrogens is 2. The van der Waals surface area contributed by atoms with Crippen molar-refractivity contribution in [2.24, 2.45) is 0 Å². The van der Waals surface area contributed by atoms with Gasteiger partial charge in [-0.05, 0) is 30.2 Å². The molecule has 0 aliphatic carbocycles. The summed E-state index contributed by atoms with van der Waals surface area (Å²) in [5.41, 5.74) is 3.10. The number of hydrogen-bond donors (Lipinski definition) is 0. The highest BCUT2D eigenvalue weighted by Gasteiger charge is 2.14. The first-order chi connectivity index (χ1) is 9.83. The lowest BCUT2D eigenvalue weighted by Gasteiger charge is -2.08. The van der Waals surface area contributed by atoms with Crippen LogP contribution in [-0.2, 0) is 11.8 Å². The van der Waals surface area contributed by atoms with E-state index in [9.17, 15) is 0 Å². The molecule has 0 aliphatic rings. The van der Waals surface area contributed by atoms with E-state index in [0.29, 0.717) is 11.2 Å². The summed E-state index contributed by atoms with van der Waals surface area (Å²) >= 11 is 3.52. The van der Waals surface area contributed by atoms with Crippen LogP contribution in [0.2, 0.25) is 0 Å². The number of alkyl halides is 1. The third-order valence-electron chi connectivity index (χ3n) is 3.28. The van der Waals surface area contributed by atoms with E-state index in [0.717, 1.165) is 23.5 Å². The summed E-state index contributed by atoms with van der Waals surface area (Å²) in [6.07, 6.45) is 2.94. The van der Waals surface area contributed by atoms with Crippen molar-refractivity contribution < 1.29 is 4.74 Å². The fourth-order valence-corrected chi connectivity index (χ4v) is 2.74. The fourth-order valence-electron chi connectivity index (χ4n) is 2.23. The second-order valence-electron chi connectivity index (χ2n) is 4.49. The SMILES string of the molecule is CCc1ccccc1Oc1nc2ccccn2c1CBr. The lowest BCUT2D eigenvalue weighted by atomic mass is 10.1. The highest BCUT2D eigenvalue weighted by Crippen LogP contribution is 2.29. The summed E-state index contributed by atoms with van der Waals surface area (Å²) in [6, 6.07) is 14.0. The fraction of sp³-hybridized carbons (Fsp3) is 0.188. The third kappa shape index (κ3) is 2.31. The maximum atomic E-state index is 6.05. The first kappa shape index (κ1) is 13.2. The highest BCUT2D eigenvalue weighted by atomic mass is 79.9. The number of para-hydroxylation sites is 1. The van der Waals surface area contributed by atoms with Crippen molar-refractivity contribution >= 4 is 21.6 Å². The average molecular weight is 331 g/mol. The Balaban J connectivity index is 2.06. The van der Waals surface area contributed by atoms with Crippen LogP contribution in [0.25, 0.3) is 5.65 Å². The Kier molecular flexibility index (Phi) is 3.74. The normalized spacial score (nSPS) is 10.9. The highest BCUT2D eigenvalue weighted by molar-refractivity contribution is 9.08. The molecule has 0 spiro atoms. The van der Waals surface area contributed by atoms with E-state index in [4.69, 9.17) is 4.74 Å². The molecule has 0 bridgehead atoms.